The van der Waals surface area contributed by atoms with Gasteiger partial charge in [0.1, 0.15) is 11.6 Å². The third-order valence-corrected chi connectivity index (χ3v) is 3.91. The van der Waals surface area contributed by atoms with Gasteiger partial charge in [-0.05, 0) is 37.1 Å². The number of benzene rings is 2. The molecule has 1 fully saturated rings. The van der Waals surface area contributed by atoms with Crippen LogP contribution in [0.3, 0.4) is 0 Å². The van der Waals surface area contributed by atoms with Crippen molar-refractivity contribution in [3.63, 3.8) is 0 Å². The van der Waals surface area contributed by atoms with E-state index in [1.54, 1.807) is 0 Å². The summed E-state index contributed by atoms with van der Waals surface area (Å²) >= 11 is 0. The Balaban J connectivity index is 1.59. The van der Waals surface area contributed by atoms with Crippen LogP contribution in [0.2, 0.25) is 0 Å². The van der Waals surface area contributed by atoms with Gasteiger partial charge >= 0.3 is 0 Å². The van der Waals surface area contributed by atoms with Gasteiger partial charge in [-0.25, -0.2) is 8.78 Å². The van der Waals surface area contributed by atoms with Gasteiger partial charge in [-0.15, -0.1) is 0 Å². The van der Waals surface area contributed by atoms with Gasteiger partial charge in [0.15, 0.2) is 0 Å². The summed E-state index contributed by atoms with van der Waals surface area (Å²) in [4.78, 5) is 2.33. The average Bonchev–Trinajstić information content (AvgIpc) is 2.52. The lowest BCUT2D eigenvalue weighted by atomic mass is 10.0. The van der Waals surface area contributed by atoms with E-state index in [0.717, 1.165) is 32.0 Å². The van der Waals surface area contributed by atoms with Crippen molar-refractivity contribution < 1.29 is 8.78 Å². The first-order chi connectivity index (χ1) is 10.2. The van der Waals surface area contributed by atoms with Crippen LogP contribution < -0.4 is 10.2 Å². The maximum absolute atomic E-state index is 13.6. The van der Waals surface area contributed by atoms with Crippen LogP contribution in [0.4, 0.5) is 20.2 Å². The fourth-order valence-electron chi connectivity index (χ4n) is 2.75. The third kappa shape index (κ3) is 3.32. The van der Waals surface area contributed by atoms with Gasteiger partial charge in [-0.2, -0.15) is 0 Å². The molecule has 2 aromatic carbocycles. The second-order valence-corrected chi connectivity index (χ2v) is 5.37. The molecule has 110 valence electrons. The normalized spacial score (nSPS) is 16.0. The lowest BCUT2D eigenvalue weighted by Gasteiger charge is -2.34. The lowest BCUT2D eigenvalue weighted by molar-refractivity contribution is 0.521. The molecule has 1 aliphatic rings. The maximum Gasteiger partial charge on any atom is 0.149 e. The number of nitrogens with zero attached hydrogens (tertiary/aromatic N) is 1. The predicted molar refractivity (Wildman–Crippen MR) is 81.7 cm³/mol. The summed E-state index contributed by atoms with van der Waals surface area (Å²) in [7, 11) is 0. The van der Waals surface area contributed by atoms with E-state index < -0.39 is 11.6 Å². The Bertz CT molecular complexity index is 593. The Morgan fingerprint density at radius 3 is 2.33 bits per heavy atom. The molecule has 3 rings (SSSR count). The van der Waals surface area contributed by atoms with Crippen molar-refractivity contribution in [1.29, 1.82) is 0 Å². The summed E-state index contributed by atoms with van der Waals surface area (Å²) in [6.45, 7) is 1.87. The average molecular weight is 288 g/mol. The standard InChI is InChI=1S/C17H18F2N2/c18-13-6-7-17(16(19)12-13)20-14-8-10-21(11-9-14)15-4-2-1-3-5-15/h1-7,12,14,20H,8-11H2. The van der Waals surface area contributed by atoms with Crippen LogP contribution in [-0.2, 0) is 0 Å². The summed E-state index contributed by atoms with van der Waals surface area (Å²) in [6.07, 6.45) is 1.87. The Morgan fingerprint density at radius 2 is 1.67 bits per heavy atom. The first-order valence-corrected chi connectivity index (χ1v) is 7.24. The van der Waals surface area contributed by atoms with Crippen LogP contribution in [-0.4, -0.2) is 19.1 Å². The minimum Gasteiger partial charge on any atom is -0.380 e. The third-order valence-electron chi connectivity index (χ3n) is 3.91. The summed E-state index contributed by atoms with van der Waals surface area (Å²) in [6, 6.07) is 14.2. The van der Waals surface area contributed by atoms with Crippen molar-refractivity contribution in [2.75, 3.05) is 23.3 Å². The molecular formula is C17H18F2N2. The van der Waals surface area contributed by atoms with Crippen LogP contribution in [0.5, 0.6) is 0 Å². The topological polar surface area (TPSA) is 15.3 Å². The van der Waals surface area contributed by atoms with E-state index in [-0.39, 0.29) is 6.04 Å². The van der Waals surface area contributed by atoms with Crippen molar-refractivity contribution in [3.8, 4) is 0 Å². The second kappa shape index (κ2) is 6.12. The van der Waals surface area contributed by atoms with E-state index in [4.69, 9.17) is 0 Å². The van der Waals surface area contributed by atoms with Crippen LogP contribution in [0.25, 0.3) is 0 Å². The second-order valence-electron chi connectivity index (χ2n) is 5.37. The van der Waals surface area contributed by atoms with Gasteiger partial charge in [-0.1, -0.05) is 18.2 Å². The van der Waals surface area contributed by atoms with Crippen LogP contribution in [0.15, 0.2) is 48.5 Å². The van der Waals surface area contributed by atoms with Crippen LogP contribution in [0.1, 0.15) is 12.8 Å². The van der Waals surface area contributed by atoms with Gasteiger partial charge < -0.3 is 10.2 Å². The highest BCUT2D eigenvalue weighted by atomic mass is 19.1. The fourth-order valence-corrected chi connectivity index (χ4v) is 2.75. The van der Waals surface area contributed by atoms with E-state index in [2.05, 4.69) is 22.3 Å². The zero-order chi connectivity index (χ0) is 14.7. The molecule has 0 atom stereocenters. The first kappa shape index (κ1) is 13.9. The summed E-state index contributed by atoms with van der Waals surface area (Å²) in [5, 5.41) is 3.18. The van der Waals surface area contributed by atoms with Crippen molar-refractivity contribution in [3.05, 3.63) is 60.2 Å². The molecule has 2 aromatic rings. The van der Waals surface area contributed by atoms with Crippen molar-refractivity contribution in [2.45, 2.75) is 18.9 Å². The van der Waals surface area contributed by atoms with E-state index in [0.29, 0.717) is 5.69 Å². The van der Waals surface area contributed by atoms with Crippen molar-refractivity contribution in [2.24, 2.45) is 0 Å². The fraction of sp³-hybridized carbons (Fsp3) is 0.294. The maximum atomic E-state index is 13.6. The minimum absolute atomic E-state index is 0.227. The zero-order valence-electron chi connectivity index (χ0n) is 11.7. The highest BCUT2D eigenvalue weighted by Gasteiger charge is 2.20. The molecule has 2 nitrogen and oxygen atoms in total. The van der Waals surface area contributed by atoms with E-state index in [9.17, 15) is 8.78 Å². The molecule has 0 aromatic heterocycles. The molecule has 0 amide bonds. The molecule has 0 bridgehead atoms. The number of para-hydroxylation sites is 1. The predicted octanol–water partition coefficient (Wildman–Crippen LogP) is 4.05. The lowest BCUT2D eigenvalue weighted by Crippen LogP contribution is -2.39. The molecule has 1 N–H and O–H groups in total. The van der Waals surface area contributed by atoms with Gasteiger partial charge in [-0.3, -0.25) is 0 Å². The largest absolute Gasteiger partial charge is 0.380 e. The molecule has 0 radical (unpaired) electrons. The van der Waals surface area contributed by atoms with Gasteiger partial charge in [0, 0.05) is 30.9 Å². The first-order valence-electron chi connectivity index (χ1n) is 7.24. The number of piperidine rings is 1. The molecule has 21 heavy (non-hydrogen) atoms. The monoisotopic (exact) mass is 288 g/mol. The van der Waals surface area contributed by atoms with E-state index in [1.807, 2.05) is 18.2 Å². The molecule has 1 aliphatic heterocycles. The van der Waals surface area contributed by atoms with Crippen molar-refractivity contribution >= 4 is 11.4 Å². The van der Waals surface area contributed by atoms with Crippen LogP contribution >= 0.6 is 0 Å². The SMILES string of the molecule is Fc1ccc(NC2CCN(c3ccccc3)CC2)c(F)c1. The molecule has 0 saturated carbocycles. The number of anilines is 2. The molecule has 4 heteroatoms. The summed E-state index contributed by atoms with van der Waals surface area (Å²) in [5.41, 5.74) is 1.61. The molecule has 1 heterocycles. The van der Waals surface area contributed by atoms with Gasteiger partial charge in [0.25, 0.3) is 0 Å². The zero-order valence-corrected chi connectivity index (χ0v) is 11.7. The summed E-state index contributed by atoms with van der Waals surface area (Å²) in [5.74, 6) is -1.07. The molecule has 0 aliphatic carbocycles. The molecule has 1 saturated heterocycles. The molecule has 0 unspecified atom stereocenters. The number of nitrogens with one attached hydrogen (secondary N) is 1. The Hall–Kier alpha value is -2.10. The van der Waals surface area contributed by atoms with Crippen LogP contribution in [0, 0.1) is 11.6 Å². The Morgan fingerprint density at radius 1 is 0.952 bits per heavy atom. The van der Waals surface area contributed by atoms with Gasteiger partial charge in [0.05, 0.1) is 5.69 Å². The minimum atomic E-state index is -0.544. The molecule has 0 spiro atoms. The number of halogens is 2. The Kier molecular flexibility index (Phi) is 4.04. The smallest absolute Gasteiger partial charge is 0.149 e. The highest BCUT2D eigenvalue weighted by Crippen LogP contribution is 2.23. The summed E-state index contributed by atoms with van der Waals surface area (Å²) < 4.78 is 26.5. The Labute approximate surface area is 123 Å². The number of rotatable bonds is 3. The van der Waals surface area contributed by atoms with E-state index >= 15 is 0 Å². The van der Waals surface area contributed by atoms with Gasteiger partial charge in [0.2, 0.25) is 0 Å². The quantitative estimate of drug-likeness (QED) is 0.916. The number of hydrogen-bond donors (Lipinski definition) is 1. The number of hydrogen-bond acceptors (Lipinski definition) is 2. The van der Waals surface area contributed by atoms with E-state index in [1.165, 1.54) is 17.8 Å². The van der Waals surface area contributed by atoms with Crippen molar-refractivity contribution in [1.82, 2.24) is 0 Å². The highest BCUT2D eigenvalue weighted by molar-refractivity contribution is 5.48. The molecular weight excluding hydrogens is 270 g/mol.